The lowest BCUT2D eigenvalue weighted by molar-refractivity contribution is -0.691. The first-order chi connectivity index (χ1) is 25.4. The molecule has 0 saturated carbocycles. The number of hydrogen-bond acceptors (Lipinski definition) is 17. The van der Waals surface area contributed by atoms with E-state index < -0.39 is 69.3 Å². The van der Waals surface area contributed by atoms with Crippen molar-refractivity contribution in [3.8, 4) is 5.75 Å². The molecule has 0 spiro atoms. The number of thiazole rings is 1. The Bertz CT molecular complexity index is 2190. The molecular formula is C29H31ClN11O11S2+. The van der Waals surface area contributed by atoms with Crippen molar-refractivity contribution in [3.63, 3.8) is 0 Å². The van der Waals surface area contributed by atoms with Crippen LogP contribution in [0, 0.1) is 0 Å². The van der Waals surface area contributed by atoms with Crippen LogP contribution in [0.5, 0.6) is 5.75 Å². The minimum Gasteiger partial charge on any atom is -0.503 e. The molecule has 54 heavy (non-hydrogen) atoms. The zero-order chi connectivity index (χ0) is 39.6. The molecule has 2 aliphatic rings. The number of aliphatic carboxylic acids is 2. The third-order valence-electron chi connectivity index (χ3n) is 7.72. The first kappa shape index (κ1) is 39.1. The molecule has 1 unspecified atom stereocenters. The van der Waals surface area contributed by atoms with Crippen LogP contribution in [-0.2, 0) is 30.6 Å². The van der Waals surface area contributed by atoms with Crippen LogP contribution >= 0.6 is 34.7 Å². The van der Waals surface area contributed by atoms with Crippen LogP contribution in [0.4, 0.5) is 16.6 Å². The van der Waals surface area contributed by atoms with E-state index in [1.807, 2.05) is 0 Å². The number of carboxylic acid groups (broad SMARTS) is 2. The van der Waals surface area contributed by atoms with E-state index in [4.69, 9.17) is 27.9 Å². The summed E-state index contributed by atoms with van der Waals surface area (Å²) in [7, 11) is 0. The van der Waals surface area contributed by atoms with Gasteiger partial charge in [-0.15, -0.1) is 11.8 Å². The summed E-state index contributed by atoms with van der Waals surface area (Å²) in [6.45, 7) is 2.44. The average Bonchev–Trinajstić information content (AvgIpc) is 3.44. The largest absolute Gasteiger partial charge is 0.503 e. The number of nitrogens with two attached hydrogens (primary N) is 2. The zero-order valence-electron chi connectivity index (χ0n) is 28.0. The minimum absolute atomic E-state index is 0.00504. The highest BCUT2D eigenvalue weighted by molar-refractivity contribution is 8.00. The van der Waals surface area contributed by atoms with E-state index >= 15 is 0 Å². The highest BCUT2D eigenvalue weighted by Crippen LogP contribution is 2.40. The van der Waals surface area contributed by atoms with Crippen molar-refractivity contribution in [1.29, 1.82) is 0 Å². The number of carbonyl (C=O) groups is 5. The predicted molar refractivity (Wildman–Crippen MR) is 190 cm³/mol. The van der Waals surface area contributed by atoms with Crippen LogP contribution in [0.25, 0.3) is 0 Å². The van der Waals surface area contributed by atoms with E-state index in [9.17, 15) is 49.3 Å². The van der Waals surface area contributed by atoms with Crippen LogP contribution in [0.3, 0.4) is 0 Å². The molecule has 0 radical (unpaired) electrons. The number of hydrogen-bond donors (Lipinski definition) is 9. The quantitative estimate of drug-likeness (QED) is 0.0226. The Balaban J connectivity index is 1.26. The third-order valence-corrected chi connectivity index (χ3v) is 10.1. The number of pyridine rings is 1. The molecule has 25 heteroatoms. The first-order valence-corrected chi connectivity index (χ1v) is 17.6. The molecular weight excluding hydrogens is 778 g/mol. The fraction of sp³-hybridized carbons (Fsp3) is 0.310. The Labute approximate surface area is 316 Å². The van der Waals surface area contributed by atoms with Gasteiger partial charge >= 0.3 is 11.9 Å². The lowest BCUT2D eigenvalue weighted by Crippen LogP contribution is -2.71. The maximum atomic E-state index is 13.4. The second-order valence-corrected chi connectivity index (χ2v) is 14.7. The Hall–Kier alpha value is -6.14. The van der Waals surface area contributed by atoms with Gasteiger partial charge in [0.15, 0.2) is 16.6 Å². The minimum atomic E-state index is -1.86. The normalized spacial score (nSPS) is 17.0. The average molecular weight is 809 g/mol. The second-order valence-electron chi connectivity index (χ2n) is 11.9. The number of nitrogens with one attached hydrogen (secondary N) is 3. The summed E-state index contributed by atoms with van der Waals surface area (Å²) in [5, 5.41) is 49.5. The number of carbonyl (C=O) groups excluding carboxylic acids is 3. The molecule has 3 amide bonds. The molecule has 2 aliphatic heterocycles. The van der Waals surface area contributed by atoms with E-state index in [1.54, 1.807) is 0 Å². The lowest BCUT2D eigenvalue weighted by atomic mass is 10.0. The number of nitrogens with zero attached hydrogens (tertiary/aromatic N) is 6. The summed E-state index contributed by atoms with van der Waals surface area (Å²) in [6.07, 6.45) is 3.57. The van der Waals surface area contributed by atoms with Gasteiger partial charge in [-0.1, -0.05) is 28.1 Å². The number of thioether (sulfide) groups is 1. The molecule has 5 rings (SSSR count). The molecule has 1 fully saturated rings. The van der Waals surface area contributed by atoms with Gasteiger partial charge in [0.1, 0.15) is 51.3 Å². The van der Waals surface area contributed by atoms with Gasteiger partial charge in [0.05, 0.1) is 6.20 Å². The molecule has 286 valence electrons. The number of aromatic hydroxyl groups is 1. The van der Waals surface area contributed by atoms with Gasteiger partial charge in [0.2, 0.25) is 11.0 Å². The highest BCUT2D eigenvalue weighted by Gasteiger charge is 2.54. The molecule has 0 aliphatic carbocycles. The molecule has 0 bridgehead atoms. The van der Waals surface area contributed by atoms with Crippen molar-refractivity contribution in [2.75, 3.05) is 35.6 Å². The zero-order valence-corrected chi connectivity index (χ0v) is 30.4. The Morgan fingerprint density at radius 3 is 2.57 bits per heavy atom. The summed E-state index contributed by atoms with van der Waals surface area (Å²) in [4.78, 5) is 89.1. The topological polar surface area (TPSA) is 331 Å². The Morgan fingerprint density at radius 2 is 1.93 bits per heavy atom. The molecule has 22 nitrogen and oxygen atoms in total. The summed E-state index contributed by atoms with van der Waals surface area (Å²) >= 11 is 8.18. The molecule has 3 aromatic rings. The van der Waals surface area contributed by atoms with Crippen LogP contribution in [0.15, 0.2) is 46.0 Å². The fourth-order valence-corrected chi connectivity index (χ4v) is 7.19. The van der Waals surface area contributed by atoms with Crippen molar-refractivity contribution >= 4 is 86.7 Å². The van der Waals surface area contributed by atoms with E-state index in [2.05, 4.69) is 31.1 Å². The van der Waals surface area contributed by atoms with Crippen LogP contribution in [0.1, 0.15) is 30.0 Å². The van der Waals surface area contributed by atoms with Gasteiger partial charge in [0.25, 0.3) is 29.9 Å². The summed E-state index contributed by atoms with van der Waals surface area (Å²) in [5.41, 5.74) is 8.15. The van der Waals surface area contributed by atoms with Crippen molar-refractivity contribution in [2.45, 2.75) is 37.4 Å². The van der Waals surface area contributed by atoms with Gasteiger partial charge in [-0.05, 0) is 18.8 Å². The highest BCUT2D eigenvalue weighted by atomic mass is 35.5. The van der Waals surface area contributed by atoms with Gasteiger partial charge in [0, 0.05) is 30.5 Å². The van der Waals surface area contributed by atoms with Crippen molar-refractivity contribution in [3.05, 3.63) is 62.0 Å². The van der Waals surface area contributed by atoms with E-state index in [0.717, 1.165) is 22.3 Å². The number of halogens is 1. The third kappa shape index (κ3) is 8.08. The number of aromatic nitrogens is 4. The Morgan fingerprint density at radius 1 is 1.20 bits per heavy atom. The van der Waals surface area contributed by atoms with Crippen LogP contribution in [-0.4, -0.2) is 111 Å². The van der Waals surface area contributed by atoms with E-state index in [0.29, 0.717) is 22.2 Å². The maximum Gasteiger partial charge on any atom is 0.352 e. The first-order valence-electron chi connectivity index (χ1n) is 15.3. The molecule has 1 saturated heterocycles. The smallest absolute Gasteiger partial charge is 0.352 e. The molecule has 2 atom stereocenters. The van der Waals surface area contributed by atoms with E-state index in [-0.39, 0.29) is 52.1 Å². The summed E-state index contributed by atoms with van der Waals surface area (Å²) < 4.78 is 1.77. The molecule has 3 aromatic heterocycles. The number of carboxylic acids is 2. The maximum absolute atomic E-state index is 13.4. The van der Waals surface area contributed by atoms with E-state index in [1.165, 1.54) is 42.7 Å². The van der Waals surface area contributed by atoms with Gasteiger partial charge in [-0.3, -0.25) is 24.1 Å². The van der Waals surface area contributed by atoms with Gasteiger partial charge in [-0.25, -0.2) is 19.1 Å². The van der Waals surface area contributed by atoms with Crippen LogP contribution < -0.4 is 37.4 Å². The number of anilines is 3. The fourth-order valence-electron chi connectivity index (χ4n) is 4.93. The monoisotopic (exact) mass is 808 g/mol. The SMILES string of the molecule is CC(C)(O/N=C(\C(=O)N[C@@H]1C(=O)N2C(C(=O)O)=C(C[n+]3cnc(N)c(NCCNC(=O)c4cc(=O)c(O)cn4O)c3)CSC12)c1nc(N)sc1Cl)C(=O)O. The number of fused-ring (bicyclic) bond motifs is 1. The number of β-lactam (4-membered cyclic amide) rings is 1. The van der Waals surface area contributed by atoms with Crippen LogP contribution in [0.2, 0.25) is 4.34 Å². The molecule has 5 heterocycles. The number of amides is 3. The van der Waals surface area contributed by atoms with Crippen molar-refractivity contribution in [1.82, 2.24) is 30.2 Å². The van der Waals surface area contributed by atoms with Crippen molar-refractivity contribution in [2.24, 2.45) is 5.16 Å². The lowest BCUT2D eigenvalue weighted by Gasteiger charge is -2.49. The Kier molecular flexibility index (Phi) is 11.2. The van der Waals surface area contributed by atoms with Gasteiger partial charge in [-0.2, -0.15) is 4.73 Å². The standard InChI is InChI=1S/C29H30ClN11O11S2/c1-29(2,27(49)50)52-38-17(16-20(30)54-28(32)37-16)23(45)36-18-24(46)41-19(26(47)48)11(9-53-25(18)41)6-39-7-12(21(31)35-10-39)33-3-4-34-22(44)13-5-14(42)15(43)8-40(13)51/h5,7-8,10,18,25,31,33,51H,3-4,6,9H2,1-2H3,(H7,32,34,36,37,43,44,45,47,48,49,50)/p+1/b38-17-/t18-,25?/m1/s1. The van der Waals surface area contributed by atoms with Gasteiger partial charge < -0.3 is 52.8 Å². The van der Waals surface area contributed by atoms with Crippen molar-refractivity contribution < 1.29 is 53.9 Å². The molecule has 11 N–H and O–H groups in total. The predicted octanol–water partition coefficient (Wildman–Crippen LogP) is -1.39. The number of oxime groups is 1. The second kappa shape index (κ2) is 15.5. The number of rotatable bonds is 14. The molecule has 0 aromatic carbocycles. The summed E-state index contributed by atoms with van der Waals surface area (Å²) in [5.74, 6) is -5.89. The number of nitrogen functional groups attached to an aromatic ring is 2. The summed E-state index contributed by atoms with van der Waals surface area (Å²) in [6, 6.07) is -0.451.